The lowest BCUT2D eigenvalue weighted by atomic mass is 10.2. The first-order valence-electron chi connectivity index (χ1n) is 5.83. The third kappa shape index (κ3) is 2.71. The summed E-state index contributed by atoms with van der Waals surface area (Å²) in [5.74, 6) is -0.201. The standard InChI is InChI=1S/C12H12F3NO3S/c1-8-6-10(17)7-16(8)20(18,19)11-4-2-9(3-5-11)12(13,14)15/h2-5,8H,6-7H2,1H3/t8-/m1/s1. The van der Waals surface area contributed by atoms with Crippen molar-refractivity contribution in [2.24, 2.45) is 0 Å². The molecule has 1 aliphatic rings. The molecule has 4 nitrogen and oxygen atoms in total. The number of halogens is 3. The Balaban J connectivity index is 2.33. The van der Waals surface area contributed by atoms with Crippen molar-refractivity contribution in [1.82, 2.24) is 4.31 Å². The van der Waals surface area contributed by atoms with Gasteiger partial charge in [-0.15, -0.1) is 0 Å². The van der Waals surface area contributed by atoms with E-state index in [4.69, 9.17) is 0 Å². The number of Topliss-reactive ketones (excluding diaryl/α,β-unsaturated/α-hetero) is 1. The molecule has 110 valence electrons. The van der Waals surface area contributed by atoms with Crippen LogP contribution in [0.25, 0.3) is 0 Å². The first-order chi connectivity index (χ1) is 9.12. The van der Waals surface area contributed by atoms with Gasteiger partial charge in [-0.3, -0.25) is 4.79 Å². The van der Waals surface area contributed by atoms with Crippen molar-refractivity contribution in [2.45, 2.75) is 30.5 Å². The van der Waals surface area contributed by atoms with E-state index in [1.54, 1.807) is 6.92 Å². The van der Waals surface area contributed by atoms with Crippen LogP contribution in [0.15, 0.2) is 29.2 Å². The van der Waals surface area contributed by atoms with Gasteiger partial charge in [-0.05, 0) is 31.2 Å². The monoisotopic (exact) mass is 307 g/mol. The van der Waals surface area contributed by atoms with Crippen LogP contribution in [-0.2, 0) is 21.0 Å². The molecule has 0 aliphatic carbocycles. The second-order valence-electron chi connectivity index (χ2n) is 4.66. The average Bonchev–Trinajstić information content (AvgIpc) is 2.68. The summed E-state index contributed by atoms with van der Waals surface area (Å²) in [4.78, 5) is 11.0. The van der Waals surface area contributed by atoms with Crippen LogP contribution < -0.4 is 0 Å². The quantitative estimate of drug-likeness (QED) is 0.840. The van der Waals surface area contributed by atoms with Gasteiger partial charge in [0, 0.05) is 12.5 Å². The zero-order valence-electron chi connectivity index (χ0n) is 10.5. The lowest BCUT2D eigenvalue weighted by Gasteiger charge is -2.20. The highest BCUT2D eigenvalue weighted by molar-refractivity contribution is 7.89. The number of ketones is 1. The van der Waals surface area contributed by atoms with E-state index >= 15 is 0 Å². The summed E-state index contributed by atoms with van der Waals surface area (Å²) in [6.45, 7) is 1.36. The van der Waals surface area contributed by atoms with Crippen LogP contribution in [0.1, 0.15) is 18.9 Å². The van der Waals surface area contributed by atoms with Crippen molar-refractivity contribution in [2.75, 3.05) is 6.54 Å². The molecule has 0 amide bonds. The third-order valence-electron chi connectivity index (χ3n) is 3.14. The molecule has 0 radical (unpaired) electrons. The van der Waals surface area contributed by atoms with E-state index in [9.17, 15) is 26.4 Å². The molecule has 0 aromatic heterocycles. The molecule has 1 heterocycles. The van der Waals surface area contributed by atoms with Gasteiger partial charge in [0.25, 0.3) is 0 Å². The van der Waals surface area contributed by atoms with Gasteiger partial charge in [-0.25, -0.2) is 8.42 Å². The summed E-state index contributed by atoms with van der Waals surface area (Å²) in [6, 6.07) is 2.78. The van der Waals surface area contributed by atoms with Crippen LogP contribution in [0.4, 0.5) is 13.2 Å². The van der Waals surface area contributed by atoms with Gasteiger partial charge in [0.15, 0.2) is 0 Å². The van der Waals surface area contributed by atoms with Gasteiger partial charge in [0.2, 0.25) is 10.0 Å². The number of benzene rings is 1. The molecule has 1 aromatic carbocycles. The SMILES string of the molecule is C[C@@H]1CC(=O)CN1S(=O)(=O)c1ccc(C(F)(F)F)cc1. The van der Waals surface area contributed by atoms with E-state index in [-0.39, 0.29) is 23.6 Å². The van der Waals surface area contributed by atoms with E-state index in [1.165, 1.54) is 0 Å². The molecular formula is C12H12F3NO3S. The molecule has 1 fully saturated rings. The number of carbonyl (C=O) groups is 1. The second-order valence-corrected chi connectivity index (χ2v) is 6.55. The summed E-state index contributed by atoms with van der Waals surface area (Å²) in [6.07, 6.45) is -4.39. The predicted octanol–water partition coefficient (Wildman–Crippen LogP) is 2.06. The van der Waals surface area contributed by atoms with E-state index in [1.807, 2.05) is 0 Å². The Bertz CT molecular complexity index is 622. The van der Waals surface area contributed by atoms with E-state index in [0.29, 0.717) is 0 Å². The molecule has 20 heavy (non-hydrogen) atoms. The molecule has 1 aliphatic heterocycles. The maximum Gasteiger partial charge on any atom is 0.416 e. The lowest BCUT2D eigenvalue weighted by Crippen LogP contribution is -2.34. The summed E-state index contributed by atoms with van der Waals surface area (Å²) in [7, 11) is -3.94. The fourth-order valence-electron chi connectivity index (χ4n) is 2.10. The van der Waals surface area contributed by atoms with Crippen LogP contribution in [-0.4, -0.2) is 31.1 Å². The van der Waals surface area contributed by atoms with Gasteiger partial charge < -0.3 is 0 Å². The molecule has 1 saturated heterocycles. The van der Waals surface area contributed by atoms with Gasteiger partial charge in [0.05, 0.1) is 17.0 Å². The Labute approximate surface area is 114 Å². The molecule has 0 bridgehead atoms. The minimum atomic E-state index is -4.51. The van der Waals surface area contributed by atoms with E-state index in [0.717, 1.165) is 28.6 Å². The summed E-state index contributed by atoms with van der Waals surface area (Å²) < 4.78 is 62.8. The van der Waals surface area contributed by atoms with Gasteiger partial charge in [-0.2, -0.15) is 17.5 Å². The molecule has 0 unspecified atom stereocenters. The highest BCUT2D eigenvalue weighted by Gasteiger charge is 2.37. The largest absolute Gasteiger partial charge is 0.416 e. The minimum absolute atomic E-state index is 0.125. The van der Waals surface area contributed by atoms with Gasteiger partial charge in [0.1, 0.15) is 5.78 Å². The Morgan fingerprint density at radius 2 is 1.75 bits per heavy atom. The highest BCUT2D eigenvalue weighted by Crippen LogP contribution is 2.31. The van der Waals surface area contributed by atoms with Gasteiger partial charge >= 0.3 is 6.18 Å². The van der Waals surface area contributed by atoms with Crippen LogP contribution in [0.5, 0.6) is 0 Å². The van der Waals surface area contributed by atoms with Crippen molar-refractivity contribution >= 4 is 15.8 Å². The zero-order chi connectivity index (χ0) is 15.1. The third-order valence-corrected chi connectivity index (χ3v) is 5.11. The Morgan fingerprint density at radius 3 is 2.15 bits per heavy atom. The number of nitrogens with zero attached hydrogens (tertiary/aromatic N) is 1. The van der Waals surface area contributed by atoms with Crippen LogP contribution in [0, 0.1) is 0 Å². The van der Waals surface area contributed by atoms with E-state index in [2.05, 4.69) is 0 Å². The molecule has 0 saturated carbocycles. The van der Waals surface area contributed by atoms with Crippen molar-refractivity contribution < 1.29 is 26.4 Å². The van der Waals surface area contributed by atoms with E-state index < -0.39 is 27.8 Å². The number of hydrogen-bond acceptors (Lipinski definition) is 3. The second kappa shape index (κ2) is 4.85. The topological polar surface area (TPSA) is 54.5 Å². The first kappa shape index (κ1) is 15.0. The Hall–Kier alpha value is -1.41. The number of hydrogen-bond donors (Lipinski definition) is 0. The zero-order valence-corrected chi connectivity index (χ0v) is 11.3. The molecule has 1 atom stereocenters. The number of alkyl halides is 3. The van der Waals surface area contributed by atoms with Crippen molar-refractivity contribution in [3.63, 3.8) is 0 Å². The average molecular weight is 307 g/mol. The smallest absolute Gasteiger partial charge is 0.298 e. The normalized spacial score (nSPS) is 21.4. The predicted molar refractivity (Wildman–Crippen MR) is 64.4 cm³/mol. The lowest BCUT2D eigenvalue weighted by molar-refractivity contribution is -0.137. The molecule has 0 N–H and O–H groups in total. The molecule has 2 rings (SSSR count). The fraction of sp³-hybridized carbons (Fsp3) is 0.417. The minimum Gasteiger partial charge on any atom is -0.298 e. The van der Waals surface area contributed by atoms with Crippen molar-refractivity contribution in [3.8, 4) is 0 Å². The molecule has 1 aromatic rings. The van der Waals surface area contributed by atoms with Crippen LogP contribution >= 0.6 is 0 Å². The Kier molecular flexibility index (Phi) is 3.64. The first-order valence-corrected chi connectivity index (χ1v) is 7.27. The highest BCUT2D eigenvalue weighted by atomic mass is 32.2. The van der Waals surface area contributed by atoms with Gasteiger partial charge in [-0.1, -0.05) is 0 Å². The molecular weight excluding hydrogens is 295 g/mol. The fourth-order valence-corrected chi connectivity index (χ4v) is 3.71. The Morgan fingerprint density at radius 1 is 1.20 bits per heavy atom. The number of rotatable bonds is 2. The van der Waals surface area contributed by atoms with Crippen LogP contribution in [0.2, 0.25) is 0 Å². The maximum atomic E-state index is 12.4. The summed E-state index contributed by atoms with van der Waals surface area (Å²) >= 11 is 0. The van der Waals surface area contributed by atoms with Crippen molar-refractivity contribution in [3.05, 3.63) is 29.8 Å². The molecule has 8 heteroatoms. The molecule has 0 spiro atoms. The van der Waals surface area contributed by atoms with Crippen molar-refractivity contribution in [1.29, 1.82) is 0 Å². The number of carbonyl (C=O) groups excluding carboxylic acids is 1. The maximum absolute atomic E-state index is 12.4. The summed E-state index contributed by atoms with van der Waals surface area (Å²) in [5, 5.41) is 0. The van der Waals surface area contributed by atoms with Crippen LogP contribution in [0.3, 0.4) is 0 Å². The summed E-state index contributed by atoms with van der Waals surface area (Å²) in [5.41, 5.74) is -0.915. The number of sulfonamides is 1.